The van der Waals surface area contributed by atoms with Crippen molar-refractivity contribution in [3.8, 4) is 11.5 Å². The van der Waals surface area contributed by atoms with Crippen molar-refractivity contribution in [2.45, 2.75) is 18.4 Å². The number of hydrogen-bond acceptors (Lipinski definition) is 7. The SMILES string of the molecule is COc1cc(/C=N\N2C(=O)[C@H]3C4c5ccccc5C(c5ccccc54)[C@@H]3C2=O)ccc1OCc1ccc([N+](=O)[O-])cc1. The van der Waals surface area contributed by atoms with Gasteiger partial charge < -0.3 is 9.47 Å². The van der Waals surface area contributed by atoms with Crippen LogP contribution in [0.3, 0.4) is 0 Å². The minimum Gasteiger partial charge on any atom is -0.493 e. The fourth-order valence-electron chi connectivity index (χ4n) is 6.66. The second-order valence-electron chi connectivity index (χ2n) is 10.6. The molecule has 0 N–H and O–H groups in total. The van der Waals surface area contributed by atoms with Gasteiger partial charge >= 0.3 is 0 Å². The van der Waals surface area contributed by atoms with E-state index in [-0.39, 0.29) is 35.9 Å². The van der Waals surface area contributed by atoms with Crippen molar-refractivity contribution in [2.24, 2.45) is 16.9 Å². The van der Waals surface area contributed by atoms with E-state index >= 15 is 0 Å². The second kappa shape index (κ2) is 9.95. The van der Waals surface area contributed by atoms with Crippen LogP contribution in [0.4, 0.5) is 5.69 Å². The fraction of sp³-hybridized carbons (Fsp3) is 0.182. The van der Waals surface area contributed by atoms with Crippen molar-refractivity contribution in [2.75, 3.05) is 7.11 Å². The molecule has 0 spiro atoms. The van der Waals surface area contributed by atoms with Crippen LogP contribution in [0.15, 0.2) is 96.1 Å². The van der Waals surface area contributed by atoms with Gasteiger partial charge in [-0.3, -0.25) is 19.7 Å². The van der Waals surface area contributed by atoms with Crippen LogP contribution in [-0.2, 0) is 16.2 Å². The standard InChI is InChI=1S/C33H25N3O6/c1-41-27-16-20(12-15-26(27)42-18-19-10-13-21(14-11-19)36(39)40)17-34-35-32(37)30-28-22-6-2-3-7-23(22)29(31(30)33(35)38)25-9-5-4-8-24(25)28/h2-17,28-31H,18H2,1H3/b34-17-/t28?,29?,30-,31-/m0/s1. The molecule has 0 saturated carbocycles. The Morgan fingerprint density at radius 3 is 1.86 bits per heavy atom. The van der Waals surface area contributed by atoms with Gasteiger partial charge in [0.15, 0.2) is 11.5 Å². The molecule has 4 aromatic rings. The summed E-state index contributed by atoms with van der Waals surface area (Å²) in [4.78, 5) is 37.9. The number of nitro groups is 1. The highest BCUT2D eigenvalue weighted by atomic mass is 16.6. The zero-order valence-corrected chi connectivity index (χ0v) is 22.5. The number of benzene rings is 4. The maximum atomic E-state index is 13.7. The van der Waals surface area contributed by atoms with Gasteiger partial charge in [0.1, 0.15) is 6.61 Å². The lowest BCUT2D eigenvalue weighted by molar-refractivity contribution is -0.384. The lowest BCUT2D eigenvalue weighted by Crippen LogP contribution is -2.41. The molecule has 1 saturated heterocycles. The first kappa shape index (κ1) is 25.6. The quantitative estimate of drug-likeness (QED) is 0.130. The minimum atomic E-state index is -0.491. The van der Waals surface area contributed by atoms with E-state index < -0.39 is 16.8 Å². The van der Waals surface area contributed by atoms with Crippen molar-refractivity contribution < 1.29 is 24.0 Å². The van der Waals surface area contributed by atoms with Crippen LogP contribution in [0.5, 0.6) is 11.5 Å². The summed E-state index contributed by atoms with van der Waals surface area (Å²) in [7, 11) is 1.51. The largest absolute Gasteiger partial charge is 0.493 e. The van der Waals surface area contributed by atoms with Crippen LogP contribution in [0.1, 0.15) is 45.2 Å². The third-order valence-electron chi connectivity index (χ3n) is 8.48. The number of carbonyl (C=O) groups is 2. The molecule has 2 amide bonds. The van der Waals surface area contributed by atoms with Gasteiger partial charge in [0.25, 0.3) is 17.5 Å². The molecule has 0 unspecified atom stereocenters. The molecule has 9 heteroatoms. The van der Waals surface area contributed by atoms with Gasteiger partial charge in [0.05, 0.1) is 30.1 Å². The van der Waals surface area contributed by atoms with E-state index in [4.69, 9.17) is 9.47 Å². The highest BCUT2D eigenvalue weighted by Gasteiger charge is 2.61. The number of amides is 2. The molecule has 0 aromatic heterocycles. The van der Waals surface area contributed by atoms with E-state index in [0.717, 1.165) is 32.8 Å². The van der Waals surface area contributed by atoms with Crippen molar-refractivity contribution in [3.63, 3.8) is 0 Å². The van der Waals surface area contributed by atoms with E-state index in [0.29, 0.717) is 17.1 Å². The number of hydrazone groups is 1. The molecule has 2 atom stereocenters. The average molecular weight is 560 g/mol. The summed E-state index contributed by atoms with van der Waals surface area (Å²) in [6.07, 6.45) is 1.48. The van der Waals surface area contributed by atoms with Gasteiger partial charge in [-0.1, -0.05) is 48.5 Å². The average Bonchev–Trinajstić information content (AvgIpc) is 3.28. The predicted octanol–water partition coefficient (Wildman–Crippen LogP) is 5.41. The molecule has 1 fully saturated rings. The van der Waals surface area contributed by atoms with Crippen LogP contribution in [0.2, 0.25) is 0 Å². The molecule has 208 valence electrons. The first-order valence-electron chi connectivity index (χ1n) is 13.6. The number of non-ortho nitro benzene ring substituents is 1. The van der Waals surface area contributed by atoms with E-state index in [1.165, 1.54) is 25.5 Å². The Morgan fingerprint density at radius 1 is 0.810 bits per heavy atom. The third kappa shape index (κ3) is 3.96. The van der Waals surface area contributed by atoms with Crippen LogP contribution in [-0.4, -0.2) is 35.1 Å². The zero-order valence-electron chi connectivity index (χ0n) is 22.5. The molecule has 4 aliphatic rings. The van der Waals surface area contributed by atoms with Crippen molar-refractivity contribution in [1.29, 1.82) is 0 Å². The molecular formula is C33H25N3O6. The van der Waals surface area contributed by atoms with E-state index in [1.54, 1.807) is 30.3 Å². The summed E-state index contributed by atoms with van der Waals surface area (Å²) < 4.78 is 11.4. The van der Waals surface area contributed by atoms with Gasteiger partial charge in [-0.05, 0) is 63.7 Å². The molecule has 1 aliphatic heterocycles. The minimum absolute atomic E-state index is 0.0101. The van der Waals surface area contributed by atoms with Crippen LogP contribution in [0.25, 0.3) is 0 Å². The topological polar surface area (TPSA) is 111 Å². The molecule has 4 aromatic carbocycles. The summed E-state index contributed by atoms with van der Waals surface area (Å²) in [6.45, 7) is 0.189. The maximum Gasteiger partial charge on any atom is 0.269 e. The monoisotopic (exact) mass is 559 g/mol. The summed E-state index contributed by atoms with van der Waals surface area (Å²) in [5.74, 6) is -1.00. The molecule has 3 aliphatic carbocycles. The summed E-state index contributed by atoms with van der Waals surface area (Å²) in [5, 5.41) is 16.3. The molecule has 2 bridgehead atoms. The summed E-state index contributed by atoms with van der Waals surface area (Å²) in [5.41, 5.74) is 5.86. The van der Waals surface area contributed by atoms with Gasteiger partial charge in [-0.25, -0.2) is 0 Å². The molecule has 9 nitrogen and oxygen atoms in total. The number of ether oxygens (including phenoxy) is 2. The zero-order chi connectivity index (χ0) is 29.0. The van der Waals surface area contributed by atoms with Crippen LogP contribution >= 0.6 is 0 Å². The number of hydrogen-bond donors (Lipinski definition) is 0. The fourth-order valence-corrected chi connectivity index (χ4v) is 6.66. The smallest absolute Gasteiger partial charge is 0.269 e. The Kier molecular flexibility index (Phi) is 6.08. The Morgan fingerprint density at radius 2 is 1.36 bits per heavy atom. The number of rotatable bonds is 7. The van der Waals surface area contributed by atoms with E-state index in [1.807, 2.05) is 24.3 Å². The lowest BCUT2D eigenvalue weighted by Gasteiger charge is -2.45. The molecule has 8 rings (SSSR count). The first-order chi connectivity index (χ1) is 20.5. The maximum absolute atomic E-state index is 13.7. The summed E-state index contributed by atoms with van der Waals surface area (Å²) in [6, 6.07) is 27.5. The number of nitrogens with zero attached hydrogens (tertiary/aromatic N) is 3. The van der Waals surface area contributed by atoms with Gasteiger partial charge in [-0.2, -0.15) is 10.1 Å². The number of nitro benzene ring substituents is 1. The Balaban J connectivity index is 1.12. The van der Waals surface area contributed by atoms with Crippen molar-refractivity contribution >= 4 is 23.7 Å². The first-order valence-corrected chi connectivity index (χ1v) is 13.6. The van der Waals surface area contributed by atoms with Gasteiger partial charge in [0, 0.05) is 24.0 Å². The molecule has 0 radical (unpaired) electrons. The Bertz CT molecular complexity index is 1670. The normalized spacial score (nSPS) is 21.7. The van der Waals surface area contributed by atoms with Gasteiger partial charge in [0.2, 0.25) is 0 Å². The lowest BCUT2D eigenvalue weighted by atomic mass is 9.55. The number of imide groups is 1. The highest BCUT2D eigenvalue weighted by Crippen LogP contribution is 2.60. The predicted molar refractivity (Wildman–Crippen MR) is 153 cm³/mol. The molecule has 42 heavy (non-hydrogen) atoms. The van der Waals surface area contributed by atoms with Crippen LogP contribution in [0, 0.1) is 22.0 Å². The van der Waals surface area contributed by atoms with Gasteiger partial charge in [-0.15, -0.1) is 0 Å². The van der Waals surface area contributed by atoms with E-state index in [2.05, 4.69) is 29.4 Å². The van der Waals surface area contributed by atoms with Crippen LogP contribution < -0.4 is 9.47 Å². The Hall–Kier alpha value is -5.31. The second-order valence-corrected chi connectivity index (χ2v) is 10.6. The third-order valence-corrected chi connectivity index (χ3v) is 8.48. The molecular weight excluding hydrogens is 534 g/mol. The number of carbonyl (C=O) groups excluding carboxylic acids is 2. The number of methoxy groups -OCH3 is 1. The van der Waals surface area contributed by atoms with Crippen molar-refractivity contribution in [1.82, 2.24) is 5.01 Å². The Labute approximate surface area is 241 Å². The van der Waals surface area contributed by atoms with Crippen molar-refractivity contribution in [3.05, 3.63) is 134 Å². The summed E-state index contributed by atoms with van der Waals surface area (Å²) >= 11 is 0. The highest BCUT2D eigenvalue weighted by molar-refractivity contribution is 6.08. The van der Waals surface area contributed by atoms with E-state index in [9.17, 15) is 19.7 Å². The molecule has 1 heterocycles.